The maximum atomic E-state index is 12.4. The quantitative estimate of drug-likeness (QED) is 0.641. The highest BCUT2D eigenvalue weighted by Gasteiger charge is 2.13. The van der Waals surface area contributed by atoms with E-state index < -0.39 is 0 Å². The van der Waals surface area contributed by atoms with Gasteiger partial charge in [0.2, 0.25) is 0 Å². The summed E-state index contributed by atoms with van der Waals surface area (Å²) in [4.78, 5) is 15.3. The minimum Gasteiger partial charge on any atom is -0.483 e. The molecule has 1 amide bonds. The van der Waals surface area contributed by atoms with E-state index in [1.165, 1.54) is 10.4 Å². The first-order valence-corrected chi connectivity index (χ1v) is 9.07. The lowest BCUT2D eigenvalue weighted by molar-refractivity contribution is -0.132. The number of benzene rings is 2. The Hall–Kier alpha value is -2.59. The van der Waals surface area contributed by atoms with E-state index in [2.05, 4.69) is 18.4 Å². The second-order valence-corrected chi connectivity index (χ2v) is 6.93. The fourth-order valence-corrected chi connectivity index (χ4v) is 3.53. The molecule has 0 N–H and O–H groups in total. The molecule has 0 spiro atoms. The molecule has 0 saturated heterocycles. The van der Waals surface area contributed by atoms with Crippen LogP contribution in [-0.4, -0.2) is 24.5 Å². The number of carbonyl (C=O) groups excluding carboxylic acids is 1. The molecule has 0 unspecified atom stereocenters. The number of hydrogen-bond acceptors (Lipinski definition) is 3. The van der Waals surface area contributed by atoms with E-state index in [9.17, 15) is 4.79 Å². The summed E-state index contributed by atoms with van der Waals surface area (Å²) in [6.45, 7) is 2.72. The summed E-state index contributed by atoms with van der Waals surface area (Å²) in [5.74, 6) is 0.693. The van der Waals surface area contributed by atoms with Gasteiger partial charge in [0.15, 0.2) is 6.61 Å². The zero-order chi connectivity index (χ0) is 17.6. The van der Waals surface area contributed by atoms with Gasteiger partial charge in [-0.15, -0.1) is 11.3 Å². The van der Waals surface area contributed by atoms with Crippen LogP contribution in [0.3, 0.4) is 0 Å². The van der Waals surface area contributed by atoms with Crippen LogP contribution in [0.1, 0.15) is 10.4 Å². The molecule has 0 radical (unpaired) electrons. The molecule has 0 aliphatic heterocycles. The van der Waals surface area contributed by atoms with Crippen molar-refractivity contribution in [2.75, 3.05) is 13.7 Å². The second-order valence-electron chi connectivity index (χ2n) is 5.93. The number of carbonyl (C=O) groups is 1. The third-order valence-electron chi connectivity index (χ3n) is 4.10. The number of para-hydroxylation sites is 1. The van der Waals surface area contributed by atoms with Crippen LogP contribution in [0.15, 0.2) is 66.0 Å². The number of hydrogen-bond donors (Lipinski definition) is 0. The highest BCUT2D eigenvalue weighted by atomic mass is 32.1. The van der Waals surface area contributed by atoms with E-state index in [0.29, 0.717) is 6.54 Å². The Morgan fingerprint density at radius 1 is 1.04 bits per heavy atom. The number of aryl methyl sites for hydroxylation is 1. The topological polar surface area (TPSA) is 29.5 Å². The van der Waals surface area contributed by atoms with E-state index in [-0.39, 0.29) is 12.5 Å². The third kappa shape index (κ3) is 4.28. The molecular formula is C21H21NO2S. The van der Waals surface area contributed by atoms with Gasteiger partial charge in [0.05, 0.1) is 6.54 Å². The van der Waals surface area contributed by atoms with Gasteiger partial charge in [0.25, 0.3) is 5.91 Å². The predicted molar refractivity (Wildman–Crippen MR) is 103 cm³/mol. The van der Waals surface area contributed by atoms with Crippen molar-refractivity contribution in [3.63, 3.8) is 0 Å². The molecule has 0 atom stereocenters. The molecule has 0 aliphatic carbocycles. The van der Waals surface area contributed by atoms with Crippen LogP contribution in [0.4, 0.5) is 0 Å². The zero-order valence-electron chi connectivity index (χ0n) is 14.4. The smallest absolute Gasteiger partial charge is 0.260 e. The first-order chi connectivity index (χ1) is 12.1. The van der Waals surface area contributed by atoms with E-state index >= 15 is 0 Å². The maximum absolute atomic E-state index is 12.4. The highest BCUT2D eigenvalue weighted by Crippen LogP contribution is 2.29. The molecule has 2 aromatic carbocycles. The van der Waals surface area contributed by atoms with Crippen molar-refractivity contribution in [1.29, 1.82) is 0 Å². The lowest BCUT2D eigenvalue weighted by Gasteiger charge is -2.18. The fourth-order valence-electron chi connectivity index (χ4n) is 2.57. The minimum atomic E-state index is -0.0318. The Morgan fingerprint density at radius 3 is 2.48 bits per heavy atom. The molecule has 0 bridgehead atoms. The monoisotopic (exact) mass is 351 g/mol. The number of nitrogens with zero attached hydrogens (tertiary/aromatic N) is 1. The molecule has 0 fully saturated rings. The predicted octanol–water partition coefficient (Wildman–Crippen LogP) is 4.76. The van der Waals surface area contributed by atoms with E-state index in [1.807, 2.05) is 61.6 Å². The van der Waals surface area contributed by atoms with Crippen LogP contribution in [0.25, 0.3) is 11.1 Å². The SMILES string of the molecule is Cc1ccsc1CN(C)C(=O)COc1ccccc1-c1ccccc1. The first kappa shape index (κ1) is 17.2. The Labute approximate surface area is 152 Å². The van der Waals surface area contributed by atoms with Gasteiger partial charge in [-0.3, -0.25) is 4.79 Å². The van der Waals surface area contributed by atoms with Crippen molar-refractivity contribution in [2.24, 2.45) is 0 Å². The lowest BCUT2D eigenvalue weighted by atomic mass is 10.1. The summed E-state index contributed by atoms with van der Waals surface area (Å²) in [7, 11) is 1.81. The fraction of sp³-hybridized carbons (Fsp3) is 0.190. The Kier molecular flexibility index (Phi) is 5.51. The Morgan fingerprint density at radius 2 is 1.76 bits per heavy atom. The summed E-state index contributed by atoms with van der Waals surface area (Å²) in [6, 6.07) is 19.9. The number of ether oxygens (including phenoxy) is 1. The van der Waals surface area contributed by atoms with E-state index in [1.54, 1.807) is 16.2 Å². The number of thiophene rings is 1. The molecule has 0 saturated carbocycles. The van der Waals surface area contributed by atoms with Gasteiger partial charge >= 0.3 is 0 Å². The number of amides is 1. The van der Waals surface area contributed by atoms with E-state index in [0.717, 1.165) is 16.9 Å². The number of rotatable bonds is 6. The van der Waals surface area contributed by atoms with Crippen molar-refractivity contribution in [3.8, 4) is 16.9 Å². The maximum Gasteiger partial charge on any atom is 0.260 e. The van der Waals surface area contributed by atoms with Gasteiger partial charge < -0.3 is 9.64 Å². The van der Waals surface area contributed by atoms with Crippen LogP contribution < -0.4 is 4.74 Å². The molecule has 0 aliphatic rings. The second kappa shape index (κ2) is 7.99. The normalized spacial score (nSPS) is 10.5. The summed E-state index contributed by atoms with van der Waals surface area (Å²) in [5, 5.41) is 2.05. The van der Waals surface area contributed by atoms with Crippen LogP contribution in [0.2, 0.25) is 0 Å². The average molecular weight is 351 g/mol. The van der Waals surface area contributed by atoms with Crippen molar-refractivity contribution in [2.45, 2.75) is 13.5 Å². The number of likely N-dealkylation sites (N-methyl/N-ethyl adjacent to an activating group) is 1. The van der Waals surface area contributed by atoms with Crippen molar-refractivity contribution >= 4 is 17.2 Å². The van der Waals surface area contributed by atoms with Gasteiger partial charge in [-0.1, -0.05) is 48.5 Å². The summed E-state index contributed by atoms with van der Waals surface area (Å²) in [5.41, 5.74) is 3.29. The largest absolute Gasteiger partial charge is 0.483 e. The summed E-state index contributed by atoms with van der Waals surface area (Å²) < 4.78 is 5.84. The van der Waals surface area contributed by atoms with Gasteiger partial charge in [0.1, 0.15) is 5.75 Å². The van der Waals surface area contributed by atoms with Crippen LogP contribution >= 0.6 is 11.3 Å². The standard InChI is InChI=1S/C21H21NO2S/c1-16-12-13-25-20(16)14-22(2)21(23)15-24-19-11-7-6-10-18(19)17-8-4-3-5-9-17/h3-13H,14-15H2,1-2H3. The van der Waals surface area contributed by atoms with Crippen molar-refractivity contribution in [1.82, 2.24) is 4.90 Å². The van der Waals surface area contributed by atoms with Crippen LogP contribution in [-0.2, 0) is 11.3 Å². The van der Waals surface area contributed by atoms with Crippen LogP contribution in [0.5, 0.6) is 5.75 Å². The molecule has 25 heavy (non-hydrogen) atoms. The minimum absolute atomic E-state index is 0.0318. The molecule has 1 heterocycles. The van der Waals surface area contributed by atoms with E-state index in [4.69, 9.17) is 4.74 Å². The first-order valence-electron chi connectivity index (χ1n) is 8.19. The molecule has 3 rings (SSSR count). The molecule has 3 aromatic rings. The average Bonchev–Trinajstić information content (AvgIpc) is 3.05. The molecule has 3 nitrogen and oxygen atoms in total. The highest BCUT2D eigenvalue weighted by molar-refractivity contribution is 7.10. The van der Waals surface area contributed by atoms with Gasteiger partial charge in [-0.05, 0) is 35.6 Å². The zero-order valence-corrected chi connectivity index (χ0v) is 15.3. The van der Waals surface area contributed by atoms with Crippen molar-refractivity contribution < 1.29 is 9.53 Å². The van der Waals surface area contributed by atoms with Crippen LogP contribution in [0, 0.1) is 6.92 Å². The molecule has 1 aromatic heterocycles. The van der Waals surface area contributed by atoms with Gasteiger partial charge in [-0.25, -0.2) is 0 Å². The molecule has 128 valence electrons. The molecule has 4 heteroatoms. The summed E-state index contributed by atoms with van der Waals surface area (Å²) >= 11 is 1.67. The van der Waals surface area contributed by atoms with Gasteiger partial charge in [0, 0.05) is 17.5 Å². The molecular weight excluding hydrogens is 330 g/mol. The van der Waals surface area contributed by atoms with Crippen molar-refractivity contribution in [3.05, 3.63) is 76.5 Å². The lowest BCUT2D eigenvalue weighted by Crippen LogP contribution is -2.30. The Bertz CT molecular complexity index is 842. The van der Waals surface area contributed by atoms with Gasteiger partial charge in [-0.2, -0.15) is 0 Å². The summed E-state index contributed by atoms with van der Waals surface area (Å²) in [6.07, 6.45) is 0. The Balaban J connectivity index is 1.66. The third-order valence-corrected chi connectivity index (χ3v) is 5.11.